The summed E-state index contributed by atoms with van der Waals surface area (Å²) < 4.78 is 4.09. The van der Waals surface area contributed by atoms with Crippen molar-refractivity contribution in [3.63, 3.8) is 0 Å². The second-order valence-corrected chi connectivity index (χ2v) is 4.97. The van der Waals surface area contributed by atoms with Gasteiger partial charge < -0.3 is 9.88 Å². The molecule has 2 aromatic rings. The Morgan fingerprint density at radius 2 is 1.78 bits per heavy atom. The summed E-state index contributed by atoms with van der Waals surface area (Å²) in [4.78, 5) is 0. The summed E-state index contributed by atoms with van der Waals surface area (Å²) >= 11 is 0. The van der Waals surface area contributed by atoms with Crippen molar-refractivity contribution in [1.82, 2.24) is 19.7 Å². The van der Waals surface area contributed by atoms with Gasteiger partial charge in [0.25, 0.3) is 0 Å². The molecule has 0 aliphatic rings. The molecule has 0 aliphatic carbocycles. The normalized spacial score (nSPS) is 11.2. The molecule has 4 heteroatoms. The molecule has 0 fully saturated rings. The number of hydrogen-bond donors (Lipinski definition) is 1. The number of aryl methyl sites for hydroxylation is 3. The van der Waals surface area contributed by atoms with Crippen molar-refractivity contribution in [2.45, 2.75) is 33.9 Å². The van der Waals surface area contributed by atoms with E-state index >= 15 is 0 Å². The number of hydrogen-bond acceptors (Lipinski definition) is 2. The lowest BCUT2D eigenvalue weighted by Gasteiger charge is -2.05. The second-order valence-electron chi connectivity index (χ2n) is 4.97. The first-order valence-corrected chi connectivity index (χ1v) is 6.30. The van der Waals surface area contributed by atoms with Gasteiger partial charge in [0.05, 0.1) is 5.69 Å². The lowest BCUT2D eigenvalue weighted by Crippen LogP contribution is -2.13. The fourth-order valence-corrected chi connectivity index (χ4v) is 2.27. The molecule has 2 heterocycles. The Morgan fingerprint density at radius 1 is 1.11 bits per heavy atom. The third-order valence-electron chi connectivity index (χ3n) is 3.63. The van der Waals surface area contributed by atoms with Crippen LogP contribution in [0.25, 0.3) is 0 Å². The van der Waals surface area contributed by atoms with Crippen molar-refractivity contribution < 1.29 is 0 Å². The van der Waals surface area contributed by atoms with Crippen molar-refractivity contribution in [3.05, 3.63) is 40.5 Å². The molecule has 0 amide bonds. The zero-order valence-corrected chi connectivity index (χ0v) is 11.9. The second kappa shape index (κ2) is 4.98. The molecular formula is C14H22N4. The smallest absolute Gasteiger partial charge is 0.0638 e. The molecule has 1 N–H and O–H groups in total. The third kappa shape index (κ3) is 2.48. The van der Waals surface area contributed by atoms with Crippen LogP contribution >= 0.6 is 0 Å². The van der Waals surface area contributed by atoms with Gasteiger partial charge in [-0.25, -0.2) is 0 Å². The van der Waals surface area contributed by atoms with E-state index < -0.39 is 0 Å². The molecular weight excluding hydrogens is 224 g/mol. The summed E-state index contributed by atoms with van der Waals surface area (Å²) in [7, 11) is 4.07. The molecule has 0 radical (unpaired) electrons. The Labute approximate surface area is 109 Å². The average Bonchev–Trinajstić information content (AvgIpc) is 2.75. The van der Waals surface area contributed by atoms with Gasteiger partial charge >= 0.3 is 0 Å². The van der Waals surface area contributed by atoms with Crippen LogP contribution in [0.15, 0.2) is 12.3 Å². The van der Waals surface area contributed by atoms with Gasteiger partial charge in [-0.1, -0.05) is 0 Å². The highest BCUT2D eigenvalue weighted by Crippen LogP contribution is 2.13. The van der Waals surface area contributed by atoms with Crippen LogP contribution in [0.5, 0.6) is 0 Å². The van der Waals surface area contributed by atoms with E-state index in [4.69, 9.17) is 0 Å². The molecule has 0 saturated heterocycles. The van der Waals surface area contributed by atoms with E-state index in [1.807, 2.05) is 11.7 Å². The molecule has 98 valence electrons. The minimum absolute atomic E-state index is 0.868. The molecule has 0 unspecified atom stereocenters. The average molecular weight is 246 g/mol. The van der Waals surface area contributed by atoms with Gasteiger partial charge in [-0.05, 0) is 32.4 Å². The number of nitrogens with zero attached hydrogens (tertiary/aromatic N) is 3. The largest absolute Gasteiger partial charge is 0.352 e. The highest BCUT2D eigenvalue weighted by Gasteiger charge is 2.06. The zero-order valence-electron chi connectivity index (χ0n) is 11.9. The molecule has 0 saturated carbocycles. The van der Waals surface area contributed by atoms with Crippen molar-refractivity contribution >= 4 is 0 Å². The quantitative estimate of drug-likeness (QED) is 0.895. The van der Waals surface area contributed by atoms with E-state index in [2.05, 4.69) is 55.1 Å². The molecule has 0 bridgehead atoms. The Hall–Kier alpha value is -1.55. The van der Waals surface area contributed by atoms with Crippen LogP contribution in [0.3, 0.4) is 0 Å². The predicted molar refractivity (Wildman–Crippen MR) is 73.4 cm³/mol. The molecule has 2 aromatic heterocycles. The van der Waals surface area contributed by atoms with Crippen LogP contribution in [0.4, 0.5) is 0 Å². The zero-order chi connectivity index (χ0) is 13.3. The van der Waals surface area contributed by atoms with Gasteiger partial charge in [-0.2, -0.15) is 5.10 Å². The van der Waals surface area contributed by atoms with Gasteiger partial charge in [0.1, 0.15) is 0 Å². The van der Waals surface area contributed by atoms with Crippen LogP contribution in [-0.4, -0.2) is 14.3 Å². The maximum atomic E-state index is 4.35. The van der Waals surface area contributed by atoms with Gasteiger partial charge in [0, 0.05) is 50.3 Å². The van der Waals surface area contributed by atoms with Gasteiger partial charge in [0.2, 0.25) is 0 Å². The fraction of sp³-hybridized carbons (Fsp3) is 0.500. The van der Waals surface area contributed by atoms with Crippen molar-refractivity contribution in [3.8, 4) is 0 Å². The van der Waals surface area contributed by atoms with Gasteiger partial charge in [0.15, 0.2) is 0 Å². The topological polar surface area (TPSA) is 34.8 Å². The van der Waals surface area contributed by atoms with Crippen molar-refractivity contribution in [2.24, 2.45) is 14.1 Å². The van der Waals surface area contributed by atoms with Crippen molar-refractivity contribution in [1.29, 1.82) is 0 Å². The monoisotopic (exact) mass is 246 g/mol. The Bertz CT molecular complexity index is 548. The predicted octanol–water partition coefficient (Wildman–Crippen LogP) is 1.97. The summed E-state index contributed by atoms with van der Waals surface area (Å²) in [6.07, 6.45) is 2.07. The van der Waals surface area contributed by atoms with E-state index in [0.717, 1.165) is 18.8 Å². The molecule has 0 aromatic carbocycles. The Kier molecular flexibility index (Phi) is 3.57. The highest BCUT2D eigenvalue weighted by molar-refractivity contribution is 5.26. The minimum atomic E-state index is 0.868. The maximum Gasteiger partial charge on any atom is 0.0638 e. The SMILES string of the molecule is Cc1nn(C)cc1CNCc1cc(C)n(C)c1C. The first-order chi connectivity index (χ1) is 8.49. The maximum absolute atomic E-state index is 4.35. The highest BCUT2D eigenvalue weighted by atomic mass is 15.2. The Morgan fingerprint density at radius 3 is 2.28 bits per heavy atom. The summed E-state index contributed by atoms with van der Waals surface area (Å²) in [5.74, 6) is 0. The minimum Gasteiger partial charge on any atom is -0.352 e. The molecule has 4 nitrogen and oxygen atoms in total. The van der Waals surface area contributed by atoms with E-state index in [0.29, 0.717) is 0 Å². The van der Waals surface area contributed by atoms with Crippen LogP contribution in [0, 0.1) is 20.8 Å². The summed E-state index contributed by atoms with van der Waals surface area (Å²) in [6.45, 7) is 8.13. The lowest BCUT2D eigenvalue weighted by atomic mass is 10.2. The van der Waals surface area contributed by atoms with Gasteiger partial charge in [-0.3, -0.25) is 4.68 Å². The molecule has 18 heavy (non-hydrogen) atoms. The molecule has 0 atom stereocenters. The standard InChI is InChI=1S/C14H22N4/c1-10-6-13(12(3)18(10)5)7-15-8-14-9-17(4)16-11(14)2/h6,9,15H,7-8H2,1-5H3. The summed E-state index contributed by atoms with van der Waals surface area (Å²) in [5.41, 5.74) is 6.38. The molecule has 0 aliphatic heterocycles. The first-order valence-electron chi connectivity index (χ1n) is 6.30. The van der Waals surface area contributed by atoms with E-state index in [9.17, 15) is 0 Å². The van der Waals surface area contributed by atoms with E-state index in [1.165, 1.54) is 22.5 Å². The van der Waals surface area contributed by atoms with Crippen LogP contribution in [0.1, 0.15) is 28.2 Å². The van der Waals surface area contributed by atoms with E-state index in [-0.39, 0.29) is 0 Å². The van der Waals surface area contributed by atoms with Crippen LogP contribution in [0.2, 0.25) is 0 Å². The van der Waals surface area contributed by atoms with Crippen LogP contribution < -0.4 is 5.32 Å². The lowest BCUT2D eigenvalue weighted by molar-refractivity contribution is 0.684. The number of nitrogens with one attached hydrogen (secondary N) is 1. The molecule has 0 spiro atoms. The summed E-state index contributed by atoms with van der Waals surface area (Å²) in [5, 5.41) is 7.83. The fourth-order valence-electron chi connectivity index (χ4n) is 2.27. The van der Waals surface area contributed by atoms with Gasteiger partial charge in [-0.15, -0.1) is 0 Å². The van der Waals surface area contributed by atoms with E-state index in [1.54, 1.807) is 0 Å². The number of aromatic nitrogens is 3. The van der Waals surface area contributed by atoms with Crippen LogP contribution in [-0.2, 0) is 27.2 Å². The number of rotatable bonds is 4. The summed E-state index contributed by atoms with van der Waals surface area (Å²) in [6, 6.07) is 2.25. The van der Waals surface area contributed by atoms with Crippen molar-refractivity contribution in [2.75, 3.05) is 0 Å². The Balaban J connectivity index is 1.96. The first kappa shape index (κ1) is 12.9. The third-order valence-corrected chi connectivity index (χ3v) is 3.63. The molecule has 2 rings (SSSR count).